The van der Waals surface area contributed by atoms with Crippen LogP contribution in [0.25, 0.3) is 5.76 Å². The number of ketones is 1. The Kier molecular flexibility index (Phi) is 6.98. The van der Waals surface area contributed by atoms with Crippen molar-refractivity contribution in [2.24, 2.45) is 0 Å². The Balaban J connectivity index is 1.48. The highest BCUT2D eigenvalue weighted by atomic mass is 16.5. The first kappa shape index (κ1) is 24.3. The van der Waals surface area contributed by atoms with Gasteiger partial charge in [-0.05, 0) is 54.8 Å². The minimum Gasteiger partial charge on any atom is -0.507 e. The molecule has 36 heavy (non-hydrogen) atoms. The number of carbonyl (C=O) groups excluding carboxylic acids is 2. The average Bonchev–Trinajstić information content (AvgIpc) is 3.40. The standard InChI is InChI=1S/C28H32N2O6/c1-18-16-21-17-20(6-9-23(21)36-18)26(31)24-25(19-4-7-22(34-2)8-5-19)30(28(33)27(24)32)11-3-10-29-12-14-35-15-13-29/h4-9,17-18,25,31H,3,10-16H2,1-2H3/t18-,25+/m1/s1. The highest BCUT2D eigenvalue weighted by Gasteiger charge is 2.46. The molecule has 0 bridgehead atoms. The van der Waals surface area contributed by atoms with Gasteiger partial charge in [0.15, 0.2) is 0 Å². The van der Waals surface area contributed by atoms with Crippen LogP contribution in [0.15, 0.2) is 48.0 Å². The van der Waals surface area contributed by atoms with Gasteiger partial charge in [-0.2, -0.15) is 0 Å². The third kappa shape index (κ3) is 4.70. The molecule has 2 saturated heterocycles. The summed E-state index contributed by atoms with van der Waals surface area (Å²) in [5.41, 5.74) is 2.35. The van der Waals surface area contributed by atoms with Crippen molar-refractivity contribution >= 4 is 17.4 Å². The van der Waals surface area contributed by atoms with Crippen molar-refractivity contribution in [2.75, 3.05) is 46.5 Å². The van der Waals surface area contributed by atoms with Crippen molar-refractivity contribution in [2.45, 2.75) is 31.9 Å². The lowest BCUT2D eigenvalue weighted by molar-refractivity contribution is -0.140. The lowest BCUT2D eigenvalue weighted by Gasteiger charge is -2.29. The third-order valence-corrected chi connectivity index (χ3v) is 7.12. The second-order valence-corrected chi connectivity index (χ2v) is 9.53. The quantitative estimate of drug-likeness (QED) is 0.361. The molecule has 3 aliphatic heterocycles. The maximum Gasteiger partial charge on any atom is 0.295 e. The number of aliphatic hydroxyl groups is 1. The predicted octanol–water partition coefficient (Wildman–Crippen LogP) is 3.16. The maximum absolute atomic E-state index is 13.3. The number of hydrogen-bond donors (Lipinski definition) is 1. The second-order valence-electron chi connectivity index (χ2n) is 9.53. The van der Waals surface area contributed by atoms with Gasteiger partial charge in [-0.25, -0.2) is 0 Å². The lowest BCUT2D eigenvalue weighted by atomic mass is 9.94. The molecule has 0 saturated carbocycles. The molecule has 8 nitrogen and oxygen atoms in total. The summed E-state index contributed by atoms with van der Waals surface area (Å²) in [5.74, 6) is 0.0551. The smallest absolute Gasteiger partial charge is 0.295 e. The van der Waals surface area contributed by atoms with Crippen molar-refractivity contribution in [1.82, 2.24) is 9.80 Å². The van der Waals surface area contributed by atoms with E-state index in [1.807, 2.05) is 31.2 Å². The van der Waals surface area contributed by atoms with Crippen LogP contribution < -0.4 is 9.47 Å². The number of likely N-dealkylation sites (tertiary alicyclic amines) is 1. The molecule has 5 rings (SSSR count). The van der Waals surface area contributed by atoms with Gasteiger partial charge < -0.3 is 24.2 Å². The number of ether oxygens (including phenoxy) is 3. The Labute approximate surface area is 211 Å². The summed E-state index contributed by atoms with van der Waals surface area (Å²) in [4.78, 5) is 30.4. The van der Waals surface area contributed by atoms with E-state index in [4.69, 9.17) is 14.2 Å². The van der Waals surface area contributed by atoms with Gasteiger partial charge in [0.05, 0.1) is 31.9 Å². The molecular weight excluding hydrogens is 460 g/mol. The number of morpholine rings is 1. The minimum absolute atomic E-state index is 0.0636. The Morgan fingerprint density at radius 3 is 2.56 bits per heavy atom. The minimum atomic E-state index is -0.677. The first-order valence-corrected chi connectivity index (χ1v) is 12.5. The van der Waals surface area contributed by atoms with Crippen LogP contribution in [0.1, 0.15) is 36.1 Å². The number of carbonyl (C=O) groups is 2. The average molecular weight is 493 g/mol. The number of rotatable bonds is 7. The summed E-state index contributed by atoms with van der Waals surface area (Å²) in [5, 5.41) is 11.4. The topological polar surface area (TPSA) is 88.5 Å². The van der Waals surface area contributed by atoms with Crippen LogP contribution in [0.5, 0.6) is 11.5 Å². The SMILES string of the molecule is COc1ccc([C@H]2C(=C(O)c3ccc4c(c3)C[C@@H](C)O4)C(=O)C(=O)N2CCCN2CCOCC2)cc1. The zero-order chi connectivity index (χ0) is 25.2. The lowest BCUT2D eigenvalue weighted by Crippen LogP contribution is -2.38. The maximum atomic E-state index is 13.3. The number of methoxy groups -OCH3 is 1. The largest absolute Gasteiger partial charge is 0.507 e. The first-order chi connectivity index (χ1) is 17.5. The van der Waals surface area contributed by atoms with Crippen molar-refractivity contribution in [3.8, 4) is 11.5 Å². The fourth-order valence-electron chi connectivity index (χ4n) is 5.26. The number of amides is 1. The van der Waals surface area contributed by atoms with Gasteiger partial charge in [-0.3, -0.25) is 14.5 Å². The van der Waals surface area contributed by atoms with Crippen LogP contribution in [0.4, 0.5) is 0 Å². The Hall–Kier alpha value is -3.36. The van der Waals surface area contributed by atoms with Gasteiger partial charge in [0.25, 0.3) is 11.7 Å². The van der Waals surface area contributed by atoms with Gasteiger partial charge in [0, 0.05) is 38.2 Å². The monoisotopic (exact) mass is 492 g/mol. The molecule has 2 fully saturated rings. The van der Waals surface area contributed by atoms with Crippen molar-refractivity contribution < 1.29 is 28.9 Å². The van der Waals surface area contributed by atoms with Gasteiger partial charge >= 0.3 is 0 Å². The van der Waals surface area contributed by atoms with Crippen LogP contribution in [0.3, 0.4) is 0 Å². The van der Waals surface area contributed by atoms with E-state index in [0.29, 0.717) is 37.5 Å². The summed E-state index contributed by atoms with van der Waals surface area (Å²) in [6, 6.07) is 12.0. The predicted molar refractivity (Wildman–Crippen MR) is 134 cm³/mol. The van der Waals surface area contributed by atoms with Crippen LogP contribution in [-0.2, 0) is 20.7 Å². The van der Waals surface area contributed by atoms with E-state index >= 15 is 0 Å². The van der Waals surface area contributed by atoms with E-state index in [2.05, 4.69) is 4.90 Å². The Morgan fingerprint density at radius 1 is 1.08 bits per heavy atom. The van der Waals surface area contributed by atoms with E-state index in [1.54, 1.807) is 30.2 Å². The van der Waals surface area contributed by atoms with Gasteiger partial charge in [-0.15, -0.1) is 0 Å². The Morgan fingerprint density at radius 2 is 1.83 bits per heavy atom. The van der Waals surface area contributed by atoms with Crippen LogP contribution in [0.2, 0.25) is 0 Å². The molecule has 190 valence electrons. The summed E-state index contributed by atoms with van der Waals surface area (Å²) >= 11 is 0. The molecular formula is C28H32N2O6. The fraction of sp³-hybridized carbons (Fsp3) is 0.429. The number of hydrogen-bond acceptors (Lipinski definition) is 7. The van der Waals surface area contributed by atoms with Crippen molar-refractivity contribution in [1.29, 1.82) is 0 Å². The number of benzene rings is 2. The second kappa shape index (κ2) is 10.3. The van der Waals surface area contributed by atoms with E-state index in [-0.39, 0.29) is 17.4 Å². The molecule has 3 aliphatic rings. The fourth-order valence-corrected chi connectivity index (χ4v) is 5.26. The van der Waals surface area contributed by atoms with Crippen molar-refractivity contribution in [3.05, 3.63) is 64.7 Å². The normalized spacial score (nSPS) is 23.6. The zero-order valence-electron chi connectivity index (χ0n) is 20.7. The third-order valence-electron chi connectivity index (χ3n) is 7.12. The first-order valence-electron chi connectivity index (χ1n) is 12.5. The molecule has 0 spiro atoms. The molecule has 2 atom stereocenters. The molecule has 2 aromatic rings. The number of aliphatic hydroxyl groups excluding tert-OH is 1. The van der Waals surface area contributed by atoms with Crippen LogP contribution >= 0.6 is 0 Å². The molecule has 8 heteroatoms. The molecule has 1 amide bonds. The summed E-state index contributed by atoms with van der Waals surface area (Å²) in [7, 11) is 1.59. The number of nitrogens with zero attached hydrogens (tertiary/aromatic N) is 2. The highest BCUT2D eigenvalue weighted by molar-refractivity contribution is 6.46. The summed E-state index contributed by atoms with van der Waals surface area (Å²) in [6.45, 7) is 6.35. The highest BCUT2D eigenvalue weighted by Crippen LogP contribution is 2.41. The number of fused-ring (bicyclic) bond motifs is 1. The van der Waals surface area contributed by atoms with E-state index in [0.717, 1.165) is 42.9 Å². The van der Waals surface area contributed by atoms with Crippen molar-refractivity contribution in [3.63, 3.8) is 0 Å². The van der Waals surface area contributed by atoms with E-state index in [1.165, 1.54) is 0 Å². The van der Waals surface area contributed by atoms with E-state index in [9.17, 15) is 14.7 Å². The molecule has 0 radical (unpaired) electrons. The molecule has 0 unspecified atom stereocenters. The molecule has 1 N–H and O–H groups in total. The van der Waals surface area contributed by atoms with Gasteiger partial charge in [0.2, 0.25) is 0 Å². The van der Waals surface area contributed by atoms with E-state index < -0.39 is 17.7 Å². The van der Waals surface area contributed by atoms with Crippen LogP contribution in [-0.4, -0.2) is 79.2 Å². The molecule has 3 heterocycles. The number of Topliss-reactive ketones (excluding diaryl/α,β-unsaturated/α-hetero) is 1. The van der Waals surface area contributed by atoms with Crippen LogP contribution in [0, 0.1) is 0 Å². The Bertz CT molecular complexity index is 1170. The summed E-state index contributed by atoms with van der Waals surface area (Å²) < 4.78 is 16.5. The molecule has 2 aromatic carbocycles. The summed E-state index contributed by atoms with van der Waals surface area (Å²) in [6.07, 6.45) is 1.51. The molecule has 0 aromatic heterocycles. The molecule has 0 aliphatic carbocycles. The van der Waals surface area contributed by atoms with Gasteiger partial charge in [-0.1, -0.05) is 12.1 Å². The van der Waals surface area contributed by atoms with Gasteiger partial charge in [0.1, 0.15) is 23.4 Å². The zero-order valence-corrected chi connectivity index (χ0v) is 20.7.